The predicted octanol–water partition coefficient (Wildman–Crippen LogP) is 2.30. The molecule has 1 aromatic rings. The number of hydrogen-bond donors (Lipinski definition) is 0. The van der Waals surface area contributed by atoms with Gasteiger partial charge in [-0.15, -0.1) is 0 Å². The first-order valence-corrected chi connectivity index (χ1v) is 7.86. The molecule has 5 heteroatoms. The van der Waals surface area contributed by atoms with Crippen molar-refractivity contribution in [3.05, 3.63) is 29.9 Å². The Morgan fingerprint density at radius 3 is 3.14 bits per heavy atom. The van der Waals surface area contributed by atoms with Crippen molar-refractivity contribution in [3.63, 3.8) is 0 Å². The maximum absolute atomic E-state index is 12.7. The van der Waals surface area contributed by atoms with Crippen LogP contribution in [-0.4, -0.2) is 40.1 Å². The first-order chi connectivity index (χ1) is 10.3. The Morgan fingerprint density at radius 1 is 1.48 bits per heavy atom. The average molecular weight is 289 g/mol. The van der Waals surface area contributed by atoms with Crippen LogP contribution < -0.4 is 0 Å². The third kappa shape index (κ3) is 3.02. The van der Waals surface area contributed by atoms with Crippen molar-refractivity contribution < 1.29 is 9.53 Å². The van der Waals surface area contributed by atoms with Crippen LogP contribution in [0.3, 0.4) is 0 Å². The van der Waals surface area contributed by atoms with Crippen molar-refractivity contribution in [2.24, 2.45) is 0 Å². The summed E-state index contributed by atoms with van der Waals surface area (Å²) >= 11 is 0. The molecule has 0 saturated heterocycles. The molecule has 21 heavy (non-hydrogen) atoms. The van der Waals surface area contributed by atoms with Crippen LogP contribution in [0.1, 0.15) is 44.3 Å². The third-order valence-corrected chi connectivity index (χ3v) is 4.29. The summed E-state index contributed by atoms with van der Waals surface area (Å²) in [6.45, 7) is 4.67. The van der Waals surface area contributed by atoms with E-state index in [0.717, 1.165) is 30.5 Å². The maximum Gasteiger partial charge on any atom is 0.249 e. The molecule has 2 heterocycles. The molecule has 0 spiro atoms. The molecule has 1 amide bonds. The summed E-state index contributed by atoms with van der Waals surface area (Å²) in [7, 11) is 0. The van der Waals surface area contributed by atoms with Gasteiger partial charge in [0.1, 0.15) is 0 Å². The molecular formula is C16H23N3O2. The first kappa shape index (κ1) is 14.3. The van der Waals surface area contributed by atoms with Crippen molar-refractivity contribution in [1.82, 2.24) is 14.5 Å². The van der Waals surface area contributed by atoms with E-state index in [2.05, 4.69) is 15.6 Å². The molecule has 1 aliphatic heterocycles. The number of allylic oxidation sites excluding steroid dienone is 1. The van der Waals surface area contributed by atoms with Gasteiger partial charge in [0.05, 0.1) is 31.2 Å². The normalized spacial score (nSPS) is 21.9. The molecule has 1 atom stereocenters. The number of carbonyl (C=O) groups excluding carboxylic acids is 1. The van der Waals surface area contributed by atoms with E-state index in [4.69, 9.17) is 4.74 Å². The topological polar surface area (TPSA) is 47.4 Å². The SMILES string of the molecule is CCOC[C@H]1CN(C(=O)C2=CCCCC2)Cc2cncn21. The van der Waals surface area contributed by atoms with Crippen LogP contribution in [0.2, 0.25) is 0 Å². The van der Waals surface area contributed by atoms with E-state index in [1.54, 1.807) is 0 Å². The Labute approximate surface area is 125 Å². The number of aromatic nitrogens is 2. The summed E-state index contributed by atoms with van der Waals surface area (Å²) < 4.78 is 7.72. The monoisotopic (exact) mass is 289 g/mol. The van der Waals surface area contributed by atoms with Gasteiger partial charge in [-0.25, -0.2) is 4.98 Å². The summed E-state index contributed by atoms with van der Waals surface area (Å²) in [6, 6.07) is 0.171. The Hall–Kier alpha value is -1.62. The molecule has 1 aliphatic carbocycles. The molecule has 0 fully saturated rings. The van der Waals surface area contributed by atoms with E-state index in [-0.39, 0.29) is 11.9 Å². The zero-order valence-electron chi connectivity index (χ0n) is 12.6. The molecule has 1 aromatic heterocycles. The van der Waals surface area contributed by atoms with Gasteiger partial charge >= 0.3 is 0 Å². The van der Waals surface area contributed by atoms with Crippen LogP contribution in [0, 0.1) is 0 Å². The minimum Gasteiger partial charge on any atom is -0.380 e. The highest BCUT2D eigenvalue weighted by molar-refractivity contribution is 5.93. The molecule has 2 aliphatic rings. The lowest BCUT2D eigenvalue weighted by Crippen LogP contribution is -2.42. The molecule has 0 unspecified atom stereocenters. The van der Waals surface area contributed by atoms with Crippen molar-refractivity contribution in [2.75, 3.05) is 19.8 Å². The van der Waals surface area contributed by atoms with E-state index in [1.807, 2.05) is 24.3 Å². The molecule has 0 radical (unpaired) electrons. The molecule has 0 N–H and O–H groups in total. The largest absolute Gasteiger partial charge is 0.380 e. The lowest BCUT2D eigenvalue weighted by atomic mass is 9.98. The lowest BCUT2D eigenvalue weighted by Gasteiger charge is -2.35. The fourth-order valence-electron chi connectivity index (χ4n) is 3.16. The van der Waals surface area contributed by atoms with Crippen LogP contribution >= 0.6 is 0 Å². The highest BCUT2D eigenvalue weighted by Gasteiger charge is 2.29. The smallest absolute Gasteiger partial charge is 0.249 e. The van der Waals surface area contributed by atoms with Gasteiger partial charge < -0.3 is 14.2 Å². The van der Waals surface area contributed by atoms with Gasteiger partial charge in [0.15, 0.2) is 0 Å². The molecular weight excluding hydrogens is 266 g/mol. The third-order valence-electron chi connectivity index (χ3n) is 4.29. The standard InChI is InChI=1S/C16H23N3O2/c1-2-21-11-15-10-18(9-14-8-17-12-19(14)15)16(20)13-6-4-3-5-7-13/h6,8,12,15H,2-5,7,9-11H2,1H3/t15-/m1/s1. The maximum atomic E-state index is 12.7. The van der Waals surface area contributed by atoms with E-state index in [0.29, 0.717) is 26.3 Å². The van der Waals surface area contributed by atoms with Crippen LogP contribution in [0.25, 0.3) is 0 Å². The van der Waals surface area contributed by atoms with Gasteiger partial charge in [0.25, 0.3) is 0 Å². The summed E-state index contributed by atoms with van der Waals surface area (Å²) in [5.74, 6) is 0.198. The van der Waals surface area contributed by atoms with Gasteiger partial charge in [-0.1, -0.05) is 6.08 Å². The van der Waals surface area contributed by atoms with E-state index in [1.165, 1.54) is 6.42 Å². The highest BCUT2D eigenvalue weighted by atomic mass is 16.5. The van der Waals surface area contributed by atoms with Crippen molar-refractivity contribution in [3.8, 4) is 0 Å². The number of ether oxygens (including phenoxy) is 1. The van der Waals surface area contributed by atoms with Crippen LogP contribution in [0.4, 0.5) is 0 Å². The van der Waals surface area contributed by atoms with E-state index < -0.39 is 0 Å². The second kappa shape index (κ2) is 6.43. The fourth-order valence-corrected chi connectivity index (χ4v) is 3.16. The Balaban J connectivity index is 1.75. The summed E-state index contributed by atoms with van der Waals surface area (Å²) in [4.78, 5) is 18.9. The molecule has 114 valence electrons. The van der Waals surface area contributed by atoms with Gasteiger partial charge in [-0.05, 0) is 32.6 Å². The zero-order chi connectivity index (χ0) is 14.7. The number of rotatable bonds is 4. The van der Waals surface area contributed by atoms with Crippen LogP contribution in [0.15, 0.2) is 24.2 Å². The first-order valence-electron chi connectivity index (χ1n) is 7.86. The van der Waals surface area contributed by atoms with Gasteiger partial charge in [0.2, 0.25) is 5.91 Å². The van der Waals surface area contributed by atoms with Crippen LogP contribution in [-0.2, 0) is 16.1 Å². The van der Waals surface area contributed by atoms with E-state index >= 15 is 0 Å². The number of imidazole rings is 1. The second-order valence-electron chi connectivity index (χ2n) is 5.77. The van der Waals surface area contributed by atoms with Crippen molar-refractivity contribution in [2.45, 2.75) is 45.2 Å². The van der Waals surface area contributed by atoms with Gasteiger partial charge in [0, 0.05) is 24.9 Å². The molecule has 0 saturated carbocycles. The molecule has 5 nitrogen and oxygen atoms in total. The number of fused-ring (bicyclic) bond motifs is 1. The highest BCUT2D eigenvalue weighted by Crippen LogP contribution is 2.25. The second-order valence-corrected chi connectivity index (χ2v) is 5.77. The molecule has 0 bridgehead atoms. The van der Waals surface area contributed by atoms with Crippen molar-refractivity contribution in [1.29, 1.82) is 0 Å². The predicted molar refractivity (Wildman–Crippen MR) is 79.7 cm³/mol. The number of nitrogens with zero attached hydrogens (tertiary/aromatic N) is 3. The number of amides is 1. The minimum atomic E-state index is 0.171. The molecule has 0 aromatic carbocycles. The van der Waals surface area contributed by atoms with Gasteiger partial charge in [-0.3, -0.25) is 4.79 Å². The summed E-state index contributed by atoms with van der Waals surface area (Å²) in [5, 5.41) is 0. The Morgan fingerprint density at radius 2 is 2.38 bits per heavy atom. The fraction of sp³-hybridized carbons (Fsp3) is 0.625. The Kier molecular flexibility index (Phi) is 4.39. The number of carbonyl (C=O) groups is 1. The van der Waals surface area contributed by atoms with Crippen molar-refractivity contribution >= 4 is 5.91 Å². The zero-order valence-corrected chi connectivity index (χ0v) is 12.6. The molecule has 3 rings (SSSR count). The minimum absolute atomic E-state index is 0.171. The van der Waals surface area contributed by atoms with E-state index in [9.17, 15) is 4.79 Å². The quantitative estimate of drug-likeness (QED) is 0.854. The van der Waals surface area contributed by atoms with Gasteiger partial charge in [-0.2, -0.15) is 0 Å². The summed E-state index contributed by atoms with van der Waals surface area (Å²) in [6.07, 6.45) is 10.1. The summed E-state index contributed by atoms with van der Waals surface area (Å²) in [5.41, 5.74) is 2.08. The number of hydrogen-bond acceptors (Lipinski definition) is 3. The average Bonchev–Trinajstić information content (AvgIpc) is 3.01. The Bertz CT molecular complexity index is 535. The lowest BCUT2D eigenvalue weighted by molar-refractivity contribution is -0.129. The van der Waals surface area contributed by atoms with Crippen LogP contribution in [0.5, 0.6) is 0 Å².